The molecule has 1 atom stereocenters. The highest BCUT2D eigenvalue weighted by Gasteiger charge is 2.25. The molecule has 1 aliphatic heterocycles. The van der Waals surface area contributed by atoms with E-state index in [0.717, 1.165) is 12.5 Å². The van der Waals surface area contributed by atoms with Crippen LogP contribution in [-0.2, 0) is 4.79 Å². The minimum absolute atomic E-state index is 0.0146. The second-order valence-electron chi connectivity index (χ2n) is 4.61. The highest BCUT2D eigenvalue weighted by atomic mass is 35.5. The fraction of sp³-hybridized carbons (Fsp3) is 0.333. The number of nitrogens with one attached hydrogen (secondary N) is 2. The van der Waals surface area contributed by atoms with Gasteiger partial charge >= 0.3 is 0 Å². The molecule has 1 unspecified atom stereocenters. The number of nitro groups is 1. The lowest BCUT2D eigenvalue weighted by atomic mass is 10.1. The number of hydrogen-bond acceptors (Lipinski definition) is 5. The maximum absolute atomic E-state index is 12.1. The second-order valence-corrected chi connectivity index (χ2v) is 5.01. The summed E-state index contributed by atoms with van der Waals surface area (Å²) in [5, 5.41) is 15.9. The van der Waals surface area contributed by atoms with Crippen molar-refractivity contribution >= 4 is 34.8 Å². The monoisotopic (exact) mass is 312 g/mol. The molecule has 0 saturated carbocycles. The molecule has 2 rings (SSSR count). The Bertz CT molecular complexity index is 620. The molecule has 4 N–H and O–H groups in total. The quantitative estimate of drug-likeness (QED) is 0.433. The number of piperidine rings is 1. The van der Waals surface area contributed by atoms with Crippen molar-refractivity contribution in [3.8, 4) is 0 Å². The molecule has 9 heteroatoms. The zero-order valence-electron chi connectivity index (χ0n) is 10.9. The number of nitrogens with two attached hydrogens (primary N) is 1. The van der Waals surface area contributed by atoms with E-state index in [1.54, 1.807) is 0 Å². The molecule has 0 aliphatic carbocycles. The van der Waals surface area contributed by atoms with Gasteiger partial charge in [0, 0.05) is 18.2 Å². The summed E-state index contributed by atoms with van der Waals surface area (Å²) in [5.74, 6) is -0.882. The van der Waals surface area contributed by atoms with Crippen molar-refractivity contribution in [1.29, 1.82) is 0 Å². The zero-order valence-corrected chi connectivity index (χ0v) is 11.6. The molecular formula is C12H13ClN4O4. The van der Waals surface area contributed by atoms with Crippen LogP contribution in [0.15, 0.2) is 12.1 Å². The van der Waals surface area contributed by atoms with Crippen LogP contribution in [0.4, 0.5) is 11.4 Å². The normalized spacial score (nSPS) is 18.0. The van der Waals surface area contributed by atoms with Crippen LogP contribution in [0.1, 0.15) is 23.2 Å². The molecule has 0 radical (unpaired) electrons. The summed E-state index contributed by atoms with van der Waals surface area (Å²) in [6.45, 7) is 0.574. The molecule has 1 aromatic rings. The van der Waals surface area contributed by atoms with Crippen LogP contribution in [0, 0.1) is 10.1 Å². The van der Waals surface area contributed by atoms with Gasteiger partial charge in [-0.05, 0) is 18.9 Å². The standard InChI is InChI=1S/C12H13ClN4O4/c13-7-4-6(5-9(10(7)14)17(20)21)11(18)16-8-2-1-3-15-12(8)19/h4-5,8H,1-3,14H2,(H,15,19)(H,16,18). The first kappa shape index (κ1) is 15.0. The van der Waals surface area contributed by atoms with E-state index in [1.165, 1.54) is 6.07 Å². The predicted molar refractivity (Wildman–Crippen MR) is 76.0 cm³/mol. The van der Waals surface area contributed by atoms with Gasteiger partial charge in [0.25, 0.3) is 11.6 Å². The van der Waals surface area contributed by atoms with E-state index in [1.807, 2.05) is 0 Å². The Balaban J connectivity index is 2.23. The zero-order chi connectivity index (χ0) is 15.6. The lowest BCUT2D eigenvalue weighted by molar-refractivity contribution is -0.383. The van der Waals surface area contributed by atoms with Crippen LogP contribution in [-0.4, -0.2) is 29.3 Å². The molecule has 8 nitrogen and oxygen atoms in total. The maximum atomic E-state index is 12.1. The van der Waals surface area contributed by atoms with Gasteiger partial charge in [-0.3, -0.25) is 19.7 Å². The van der Waals surface area contributed by atoms with Gasteiger partial charge in [-0.15, -0.1) is 0 Å². The Morgan fingerprint density at radius 2 is 2.24 bits per heavy atom. The summed E-state index contributed by atoms with van der Waals surface area (Å²) in [5.41, 5.74) is 4.83. The molecule has 1 aromatic carbocycles. The molecular weight excluding hydrogens is 300 g/mol. The highest BCUT2D eigenvalue weighted by molar-refractivity contribution is 6.34. The van der Waals surface area contributed by atoms with E-state index in [-0.39, 0.29) is 22.2 Å². The van der Waals surface area contributed by atoms with Crippen molar-refractivity contribution in [2.24, 2.45) is 0 Å². The first-order valence-electron chi connectivity index (χ1n) is 6.22. The van der Waals surface area contributed by atoms with Crippen LogP contribution < -0.4 is 16.4 Å². The number of rotatable bonds is 3. The first-order valence-corrected chi connectivity index (χ1v) is 6.60. The van der Waals surface area contributed by atoms with E-state index >= 15 is 0 Å². The lowest BCUT2D eigenvalue weighted by Gasteiger charge is -2.22. The van der Waals surface area contributed by atoms with E-state index in [0.29, 0.717) is 13.0 Å². The molecule has 0 bridgehead atoms. The first-order chi connectivity index (χ1) is 9.90. The van der Waals surface area contributed by atoms with Gasteiger partial charge in [-0.25, -0.2) is 0 Å². The van der Waals surface area contributed by atoms with Crippen molar-refractivity contribution in [3.63, 3.8) is 0 Å². The third kappa shape index (κ3) is 3.22. The van der Waals surface area contributed by atoms with Crippen molar-refractivity contribution in [2.45, 2.75) is 18.9 Å². The average molecular weight is 313 g/mol. The number of anilines is 1. The molecule has 1 aliphatic rings. The van der Waals surface area contributed by atoms with Crippen LogP contribution in [0.3, 0.4) is 0 Å². The molecule has 1 heterocycles. The molecule has 1 saturated heterocycles. The molecule has 2 amide bonds. The van der Waals surface area contributed by atoms with Crippen LogP contribution in [0.2, 0.25) is 5.02 Å². The van der Waals surface area contributed by atoms with Crippen LogP contribution in [0.25, 0.3) is 0 Å². The van der Waals surface area contributed by atoms with Crippen molar-refractivity contribution in [2.75, 3.05) is 12.3 Å². The summed E-state index contributed by atoms with van der Waals surface area (Å²) < 4.78 is 0. The molecule has 21 heavy (non-hydrogen) atoms. The third-order valence-corrected chi connectivity index (χ3v) is 3.47. The molecule has 1 fully saturated rings. The number of nitro benzene ring substituents is 1. The second kappa shape index (κ2) is 5.96. The van der Waals surface area contributed by atoms with Gasteiger partial charge in [0.15, 0.2) is 0 Å². The number of carbonyl (C=O) groups is 2. The number of nitrogens with zero attached hydrogens (tertiary/aromatic N) is 1. The Labute approximate surface area is 124 Å². The Morgan fingerprint density at radius 1 is 1.52 bits per heavy atom. The Hall–Kier alpha value is -2.35. The van der Waals surface area contributed by atoms with Gasteiger partial charge in [0.2, 0.25) is 5.91 Å². The Kier molecular flexibility index (Phi) is 4.27. The van der Waals surface area contributed by atoms with Crippen molar-refractivity contribution in [3.05, 3.63) is 32.8 Å². The summed E-state index contributed by atoms with van der Waals surface area (Å²) in [4.78, 5) is 33.8. The largest absolute Gasteiger partial charge is 0.392 e. The van der Waals surface area contributed by atoms with E-state index in [9.17, 15) is 19.7 Å². The van der Waals surface area contributed by atoms with Crippen molar-refractivity contribution in [1.82, 2.24) is 10.6 Å². The maximum Gasteiger partial charge on any atom is 0.294 e. The SMILES string of the molecule is Nc1c(Cl)cc(C(=O)NC2CCCNC2=O)cc1[N+](=O)[O-]. The van der Waals surface area contributed by atoms with Crippen LogP contribution in [0.5, 0.6) is 0 Å². The van der Waals surface area contributed by atoms with E-state index < -0.39 is 22.6 Å². The number of hydrogen-bond donors (Lipinski definition) is 3. The van der Waals surface area contributed by atoms with Gasteiger partial charge < -0.3 is 16.4 Å². The highest BCUT2D eigenvalue weighted by Crippen LogP contribution is 2.30. The van der Waals surface area contributed by atoms with Gasteiger partial charge in [-0.1, -0.05) is 11.6 Å². The molecule has 0 aromatic heterocycles. The summed E-state index contributed by atoms with van der Waals surface area (Å²) in [6, 6.07) is 1.62. The van der Waals surface area contributed by atoms with Gasteiger partial charge in [0.1, 0.15) is 11.7 Å². The number of benzene rings is 1. The van der Waals surface area contributed by atoms with E-state index in [4.69, 9.17) is 17.3 Å². The smallest absolute Gasteiger partial charge is 0.294 e. The number of carbonyl (C=O) groups excluding carboxylic acids is 2. The summed E-state index contributed by atoms with van der Waals surface area (Å²) in [7, 11) is 0. The number of amides is 2. The Morgan fingerprint density at radius 3 is 2.86 bits per heavy atom. The molecule has 112 valence electrons. The minimum Gasteiger partial charge on any atom is -0.392 e. The van der Waals surface area contributed by atoms with Crippen LogP contribution >= 0.6 is 11.6 Å². The van der Waals surface area contributed by atoms with Gasteiger partial charge in [0.05, 0.1) is 9.95 Å². The fourth-order valence-electron chi connectivity index (χ4n) is 2.04. The van der Waals surface area contributed by atoms with E-state index in [2.05, 4.69) is 10.6 Å². The van der Waals surface area contributed by atoms with Crippen molar-refractivity contribution < 1.29 is 14.5 Å². The number of halogens is 1. The molecule has 0 spiro atoms. The topological polar surface area (TPSA) is 127 Å². The summed E-state index contributed by atoms with van der Waals surface area (Å²) in [6.07, 6.45) is 1.27. The minimum atomic E-state index is -0.717. The third-order valence-electron chi connectivity index (χ3n) is 3.16. The summed E-state index contributed by atoms with van der Waals surface area (Å²) >= 11 is 5.79. The predicted octanol–water partition coefficient (Wildman–Crippen LogP) is 0.839. The average Bonchev–Trinajstić information content (AvgIpc) is 2.43. The number of nitrogen functional groups attached to an aromatic ring is 1. The fourth-order valence-corrected chi connectivity index (χ4v) is 2.25. The lowest BCUT2D eigenvalue weighted by Crippen LogP contribution is -2.50. The van der Waals surface area contributed by atoms with Gasteiger partial charge in [-0.2, -0.15) is 0 Å².